The van der Waals surface area contributed by atoms with Gasteiger partial charge in [0, 0.05) is 13.1 Å². The van der Waals surface area contributed by atoms with Crippen LogP contribution < -0.4 is 4.74 Å². The molecule has 0 saturated carbocycles. The van der Waals surface area contributed by atoms with Crippen molar-refractivity contribution < 1.29 is 9.37 Å². The van der Waals surface area contributed by atoms with Crippen molar-refractivity contribution in [1.82, 2.24) is 15.2 Å². The van der Waals surface area contributed by atoms with E-state index < -0.39 is 0 Å². The lowest BCUT2D eigenvalue weighted by Crippen LogP contribution is -2.28. The van der Waals surface area contributed by atoms with Crippen LogP contribution in [-0.4, -0.2) is 42.5 Å². The molecule has 0 spiro atoms. The normalized spacial score (nSPS) is 16.8. The molecule has 2 aromatic carbocycles. The minimum Gasteiger partial charge on any atom is -0.496 e. The highest BCUT2D eigenvalue weighted by Gasteiger charge is 2.23. The van der Waals surface area contributed by atoms with E-state index in [4.69, 9.17) is 9.37 Å². The Morgan fingerprint density at radius 2 is 2.08 bits per heavy atom. The Labute approximate surface area is 153 Å². The first-order valence-corrected chi connectivity index (χ1v) is 9.30. The monoisotopic (exact) mass is 351 g/mol. The Kier molecular flexibility index (Phi) is 4.89. The predicted molar refractivity (Wildman–Crippen MR) is 102 cm³/mol. The molecule has 1 heterocycles. The molecule has 0 fully saturated rings. The molecule has 0 radical (unpaired) electrons. The molecule has 26 heavy (non-hydrogen) atoms. The number of hydrogen-bond donors (Lipinski definition) is 0. The van der Waals surface area contributed by atoms with Crippen molar-refractivity contribution >= 4 is 11.0 Å². The minimum absolute atomic E-state index is 0.584. The van der Waals surface area contributed by atoms with Gasteiger partial charge in [-0.2, -0.15) is 0 Å². The van der Waals surface area contributed by atoms with Crippen molar-refractivity contribution in [2.75, 3.05) is 27.2 Å². The van der Waals surface area contributed by atoms with Crippen molar-refractivity contribution in [3.8, 4) is 5.75 Å². The van der Waals surface area contributed by atoms with Gasteiger partial charge in [-0.25, -0.2) is 4.63 Å². The predicted octanol–water partition coefficient (Wildman–Crippen LogP) is 3.83. The quantitative estimate of drug-likeness (QED) is 0.676. The fraction of sp³-hybridized carbons (Fsp3) is 0.429. The summed E-state index contributed by atoms with van der Waals surface area (Å²) in [5.41, 5.74) is 5.79. The van der Waals surface area contributed by atoms with E-state index in [9.17, 15) is 0 Å². The maximum atomic E-state index is 5.57. The Balaban J connectivity index is 1.40. The van der Waals surface area contributed by atoms with Gasteiger partial charge in [-0.1, -0.05) is 18.2 Å². The van der Waals surface area contributed by atoms with Crippen LogP contribution in [0.4, 0.5) is 0 Å². The standard InChI is InChI=1S/C21H25N3O2/c1-24(12-11-15-9-10-19-20(13-15)23-26-22-19)14-16-5-3-7-18-17(16)6-4-8-21(18)25-2/h4,6,8-10,13,16H,3,5,7,11-12,14H2,1-2H3. The SMILES string of the molecule is COc1cccc2c1CCCC2CN(C)CCc1ccc2nonc2c1. The highest BCUT2D eigenvalue weighted by atomic mass is 16.6. The molecule has 136 valence electrons. The van der Waals surface area contributed by atoms with Crippen LogP contribution in [0.25, 0.3) is 11.0 Å². The van der Waals surface area contributed by atoms with Crippen LogP contribution in [0.5, 0.6) is 5.75 Å². The summed E-state index contributed by atoms with van der Waals surface area (Å²) in [6.45, 7) is 2.10. The summed E-state index contributed by atoms with van der Waals surface area (Å²) in [6.07, 6.45) is 4.62. The average molecular weight is 351 g/mol. The first-order valence-electron chi connectivity index (χ1n) is 9.30. The first-order chi connectivity index (χ1) is 12.7. The topological polar surface area (TPSA) is 51.4 Å². The van der Waals surface area contributed by atoms with Crippen molar-refractivity contribution in [3.05, 3.63) is 53.1 Å². The van der Waals surface area contributed by atoms with Gasteiger partial charge in [0.2, 0.25) is 0 Å². The number of nitrogens with zero attached hydrogens (tertiary/aromatic N) is 3. The second-order valence-electron chi connectivity index (χ2n) is 7.22. The minimum atomic E-state index is 0.584. The van der Waals surface area contributed by atoms with E-state index >= 15 is 0 Å². The lowest BCUT2D eigenvalue weighted by atomic mass is 9.82. The molecule has 1 aliphatic rings. The Bertz CT molecular complexity index is 890. The van der Waals surface area contributed by atoms with Gasteiger partial charge in [0.25, 0.3) is 0 Å². The molecule has 1 aromatic heterocycles. The summed E-state index contributed by atoms with van der Waals surface area (Å²) in [5, 5.41) is 7.79. The van der Waals surface area contributed by atoms with Gasteiger partial charge in [0.05, 0.1) is 7.11 Å². The molecule has 4 rings (SSSR count). The van der Waals surface area contributed by atoms with Crippen molar-refractivity contribution in [2.24, 2.45) is 0 Å². The first kappa shape index (κ1) is 17.0. The second-order valence-corrected chi connectivity index (χ2v) is 7.22. The molecule has 0 amide bonds. The summed E-state index contributed by atoms with van der Waals surface area (Å²) >= 11 is 0. The van der Waals surface area contributed by atoms with E-state index in [1.54, 1.807) is 7.11 Å². The molecule has 3 aromatic rings. The smallest absolute Gasteiger partial charge is 0.135 e. The number of benzene rings is 2. The molecule has 5 heteroatoms. The molecular formula is C21H25N3O2. The molecule has 1 aliphatic carbocycles. The van der Waals surface area contributed by atoms with Crippen LogP contribution in [0.3, 0.4) is 0 Å². The fourth-order valence-electron chi connectivity index (χ4n) is 4.06. The van der Waals surface area contributed by atoms with Crippen molar-refractivity contribution in [2.45, 2.75) is 31.6 Å². The molecular weight excluding hydrogens is 326 g/mol. The molecule has 0 bridgehead atoms. The maximum Gasteiger partial charge on any atom is 0.135 e. The van der Waals surface area contributed by atoms with Crippen LogP contribution in [-0.2, 0) is 12.8 Å². The number of likely N-dealkylation sites (N-methyl/N-ethyl adjacent to an activating group) is 1. The van der Waals surface area contributed by atoms with E-state index in [1.807, 2.05) is 6.07 Å². The summed E-state index contributed by atoms with van der Waals surface area (Å²) in [5.74, 6) is 1.63. The van der Waals surface area contributed by atoms with E-state index in [2.05, 4.69) is 52.6 Å². The summed E-state index contributed by atoms with van der Waals surface area (Å²) in [7, 11) is 3.98. The highest BCUT2D eigenvalue weighted by Crippen LogP contribution is 2.36. The van der Waals surface area contributed by atoms with Crippen LogP contribution in [0.15, 0.2) is 41.0 Å². The van der Waals surface area contributed by atoms with Crippen molar-refractivity contribution in [3.63, 3.8) is 0 Å². The zero-order chi connectivity index (χ0) is 17.9. The van der Waals surface area contributed by atoms with Crippen LogP contribution in [0.2, 0.25) is 0 Å². The second kappa shape index (κ2) is 7.46. The van der Waals surface area contributed by atoms with E-state index in [1.165, 1.54) is 29.5 Å². The average Bonchev–Trinajstić information content (AvgIpc) is 3.14. The number of rotatable bonds is 6. The number of ether oxygens (including phenoxy) is 1. The molecule has 1 unspecified atom stereocenters. The number of hydrogen-bond acceptors (Lipinski definition) is 5. The Morgan fingerprint density at radius 3 is 2.96 bits per heavy atom. The van der Waals surface area contributed by atoms with Gasteiger partial charge < -0.3 is 9.64 Å². The van der Waals surface area contributed by atoms with Gasteiger partial charge in [0.1, 0.15) is 16.8 Å². The molecule has 1 atom stereocenters. The number of methoxy groups -OCH3 is 1. The third-order valence-electron chi connectivity index (χ3n) is 5.44. The van der Waals surface area contributed by atoms with Gasteiger partial charge in [-0.3, -0.25) is 0 Å². The third-order valence-corrected chi connectivity index (χ3v) is 5.44. The van der Waals surface area contributed by atoms with Gasteiger partial charge in [0.15, 0.2) is 0 Å². The molecule has 0 aliphatic heterocycles. The Morgan fingerprint density at radius 1 is 1.19 bits per heavy atom. The van der Waals surface area contributed by atoms with Crippen LogP contribution in [0.1, 0.15) is 35.4 Å². The summed E-state index contributed by atoms with van der Waals surface area (Å²) < 4.78 is 10.3. The number of fused-ring (bicyclic) bond motifs is 2. The molecule has 0 saturated heterocycles. The van der Waals surface area contributed by atoms with Gasteiger partial charge in [-0.15, -0.1) is 0 Å². The Hall–Kier alpha value is -2.40. The third kappa shape index (κ3) is 3.44. The highest BCUT2D eigenvalue weighted by molar-refractivity contribution is 5.73. The van der Waals surface area contributed by atoms with Crippen LogP contribution >= 0.6 is 0 Å². The van der Waals surface area contributed by atoms with Crippen molar-refractivity contribution in [1.29, 1.82) is 0 Å². The molecule has 0 N–H and O–H groups in total. The largest absolute Gasteiger partial charge is 0.496 e. The van der Waals surface area contributed by atoms with Gasteiger partial charge in [-0.05, 0) is 83.9 Å². The summed E-state index contributed by atoms with van der Waals surface area (Å²) in [6, 6.07) is 12.6. The van der Waals surface area contributed by atoms with Crippen LogP contribution in [0, 0.1) is 0 Å². The van der Waals surface area contributed by atoms with E-state index in [-0.39, 0.29) is 0 Å². The lowest BCUT2D eigenvalue weighted by Gasteiger charge is -2.30. The fourth-order valence-corrected chi connectivity index (χ4v) is 4.06. The molecule has 5 nitrogen and oxygen atoms in total. The van der Waals surface area contributed by atoms with E-state index in [0.717, 1.165) is 42.7 Å². The van der Waals surface area contributed by atoms with Gasteiger partial charge >= 0.3 is 0 Å². The zero-order valence-corrected chi connectivity index (χ0v) is 15.4. The number of aromatic nitrogens is 2. The summed E-state index contributed by atoms with van der Waals surface area (Å²) in [4.78, 5) is 2.44. The zero-order valence-electron chi connectivity index (χ0n) is 15.4. The van der Waals surface area contributed by atoms with E-state index in [0.29, 0.717) is 5.92 Å². The lowest BCUT2D eigenvalue weighted by molar-refractivity contribution is 0.299. The maximum absolute atomic E-state index is 5.57.